The summed E-state index contributed by atoms with van der Waals surface area (Å²) in [6.07, 6.45) is -0.825. The number of rotatable bonds is 7. The van der Waals surface area contributed by atoms with Crippen LogP contribution in [0, 0.1) is 12.7 Å². The second-order valence-electron chi connectivity index (χ2n) is 5.80. The van der Waals surface area contributed by atoms with E-state index in [1.165, 1.54) is 12.1 Å². The molecule has 4 nitrogen and oxygen atoms in total. The molecule has 0 aliphatic carbocycles. The van der Waals surface area contributed by atoms with Crippen molar-refractivity contribution >= 4 is 5.91 Å². The van der Waals surface area contributed by atoms with E-state index in [-0.39, 0.29) is 24.9 Å². The first-order valence-electron chi connectivity index (χ1n) is 7.86. The molecule has 2 atom stereocenters. The normalized spacial score (nSPS) is 13.2. The number of aliphatic hydroxyl groups excluding tert-OH is 1. The molecule has 0 aromatic heterocycles. The fourth-order valence-electron chi connectivity index (χ4n) is 2.26. The lowest BCUT2D eigenvalue weighted by molar-refractivity contribution is -0.122. The van der Waals surface area contributed by atoms with Crippen molar-refractivity contribution in [3.8, 4) is 5.75 Å². The topological polar surface area (TPSA) is 58.6 Å². The zero-order chi connectivity index (χ0) is 17.5. The van der Waals surface area contributed by atoms with E-state index in [0.29, 0.717) is 11.3 Å². The molecular formula is C19H22FNO3. The maximum absolute atomic E-state index is 13.2. The summed E-state index contributed by atoms with van der Waals surface area (Å²) in [7, 11) is 0. The summed E-state index contributed by atoms with van der Waals surface area (Å²) in [5, 5.41) is 12.6. The molecule has 0 fully saturated rings. The third-order valence-electron chi connectivity index (χ3n) is 3.69. The van der Waals surface area contributed by atoms with Crippen LogP contribution in [0.3, 0.4) is 0 Å². The molecule has 0 saturated heterocycles. The lowest BCUT2D eigenvalue weighted by Crippen LogP contribution is -2.37. The van der Waals surface area contributed by atoms with Gasteiger partial charge in [0.05, 0.1) is 5.92 Å². The molecular weight excluding hydrogens is 309 g/mol. The summed E-state index contributed by atoms with van der Waals surface area (Å²) in [5.41, 5.74) is 1.66. The maximum atomic E-state index is 13.2. The molecule has 2 N–H and O–H groups in total. The number of aryl methyl sites for hydroxylation is 1. The number of amides is 1. The summed E-state index contributed by atoms with van der Waals surface area (Å²) < 4.78 is 18.7. The summed E-state index contributed by atoms with van der Waals surface area (Å²) in [6, 6.07) is 13.4. The molecule has 0 heterocycles. The van der Waals surface area contributed by atoms with Gasteiger partial charge >= 0.3 is 0 Å². The Morgan fingerprint density at radius 3 is 2.71 bits per heavy atom. The molecule has 2 aromatic rings. The minimum absolute atomic E-state index is 0.0737. The van der Waals surface area contributed by atoms with E-state index < -0.39 is 12.0 Å². The molecule has 1 amide bonds. The molecule has 128 valence electrons. The minimum atomic E-state index is -0.825. The Balaban J connectivity index is 1.78. The van der Waals surface area contributed by atoms with E-state index in [4.69, 9.17) is 4.74 Å². The SMILES string of the molecule is Cc1cccc(OCC(O)CNC(=O)C(C)c2cccc(F)c2)c1. The van der Waals surface area contributed by atoms with Crippen LogP contribution in [0.15, 0.2) is 48.5 Å². The van der Waals surface area contributed by atoms with Crippen molar-refractivity contribution in [1.29, 1.82) is 0 Å². The third-order valence-corrected chi connectivity index (χ3v) is 3.69. The van der Waals surface area contributed by atoms with Crippen molar-refractivity contribution in [1.82, 2.24) is 5.32 Å². The van der Waals surface area contributed by atoms with Crippen LogP contribution in [0.1, 0.15) is 24.0 Å². The standard InChI is InChI=1S/C19H22FNO3/c1-13-5-3-8-18(9-13)24-12-17(22)11-21-19(23)14(2)15-6-4-7-16(20)10-15/h3-10,14,17,22H,11-12H2,1-2H3,(H,21,23). The van der Waals surface area contributed by atoms with Gasteiger partial charge in [0, 0.05) is 6.54 Å². The first-order chi connectivity index (χ1) is 11.5. The van der Waals surface area contributed by atoms with Gasteiger partial charge < -0.3 is 15.2 Å². The molecule has 0 aliphatic rings. The van der Waals surface area contributed by atoms with Crippen LogP contribution in [0.25, 0.3) is 0 Å². The molecule has 0 aliphatic heterocycles. The molecule has 0 spiro atoms. The highest BCUT2D eigenvalue weighted by Crippen LogP contribution is 2.16. The van der Waals surface area contributed by atoms with Crippen molar-refractivity contribution < 1.29 is 19.0 Å². The van der Waals surface area contributed by atoms with Crippen molar-refractivity contribution in [2.24, 2.45) is 0 Å². The Morgan fingerprint density at radius 1 is 1.25 bits per heavy atom. The second kappa shape index (κ2) is 8.45. The predicted molar refractivity (Wildman–Crippen MR) is 90.5 cm³/mol. The van der Waals surface area contributed by atoms with Gasteiger partial charge in [0.25, 0.3) is 0 Å². The molecule has 2 aromatic carbocycles. The van der Waals surface area contributed by atoms with E-state index in [2.05, 4.69) is 5.32 Å². The van der Waals surface area contributed by atoms with Gasteiger partial charge in [-0.05, 0) is 49.2 Å². The number of benzene rings is 2. The molecule has 24 heavy (non-hydrogen) atoms. The zero-order valence-corrected chi connectivity index (χ0v) is 13.8. The number of ether oxygens (including phenoxy) is 1. The molecule has 5 heteroatoms. The van der Waals surface area contributed by atoms with Crippen molar-refractivity contribution in [3.05, 3.63) is 65.5 Å². The summed E-state index contributed by atoms with van der Waals surface area (Å²) >= 11 is 0. The van der Waals surface area contributed by atoms with E-state index in [9.17, 15) is 14.3 Å². The van der Waals surface area contributed by atoms with Crippen LogP contribution < -0.4 is 10.1 Å². The number of halogens is 1. The first-order valence-corrected chi connectivity index (χ1v) is 7.86. The number of aliphatic hydroxyl groups is 1. The van der Waals surface area contributed by atoms with Gasteiger partial charge in [-0.2, -0.15) is 0 Å². The van der Waals surface area contributed by atoms with Crippen LogP contribution in [0.4, 0.5) is 4.39 Å². The largest absolute Gasteiger partial charge is 0.491 e. The van der Waals surface area contributed by atoms with E-state index in [1.54, 1.807) is 19.1 Å². The van der Waals surface area contributed by atoms with E-state index >= 15 is 0 Å². The van der Waals surface area contributed by atoms with Gasteiger partial charge in [-0.3, -0.25) is 4.79 Å². The molecule has 0 saturated carbocycles. The van der Waals surface area contributed by atoms with Crippen LogP contribution >= 0.6 is 0 Å². The Hall–Kier alpha value is -2.40. The Labute approximate surface area is 141 Å². The fraction of sp³-hybridized carbons (Fsp3) is 0.316. The average molecular weight is 331 g/mol. The van der Waals surface area contributed by atoms with Crippen LogP contribution in [0.2, 0.25) is 0 Å². The molecule has 0 radical (unpaired) electrons. The number of hydrogen-bond donors (Lipinski definition) is 2. The smallest absolute Gasteiger partial charge is 0.227 e. The monoisotopic (exact) mass is 331 g/mol. The Bertz CT molecular complexity index is 690. The second-order valence-corrected chi connectivity index (χ2v) is 5.80. The van der Waals surface area contributed by atoms with Gasteiger partial charge in [0.1, 0.15) is 24.3 Å². The predicted octanol–water partition coefficient (Wildman–Crippen LogP) is 2.79. The van der Waals surface area contributed by atoms with E-state index in [0.717, 1.165) is 5.56 Å². The molecule has 0 bridgehead atoms. The van der Waals surface area contributed by atoms with Crippen molar-refractivity contribution in [2.45, 2.75) is 25.9 Å². The summed E-state index contributed by atoms with van der Waals surface area (Å²) in [4.78, 5) is 12.1. The highest BCUT2D eigenvalue weighted by molar-refractivity contribution is 5.83. The van der Waals surface area contributed by atoms with Crippen LogP contribution in [-0.4, -0.2) is 30.3 Å². The number of carbonyl (C=O) groups is 1. The summed E-state index contributed by atoms with van der Waals surface area (Å²) in [5.74, 6) is -0.465. The third kappa shape index (κ3) is 5.35. The average Bonchev–Trinajstić information content (AvgIpc) is 2.57. The lowest BCUT2D eigenvalue weighted by atomic mass is 10.0. The van der Waals surface area contributed by atoms with Crippen molar-refractivity contribution in [3.63, 3.8) is 0 Å². The highest BCUT2D eigenvalue weighted by atomic mass is 19.1. The number of hydrogen-bond acceptors (Lipinski definition) is 3. The summed E-state index contributed by atoms with van der Waals surface area (Å²) in [6.45, 7) is 3.80. The van der Waals surface area contributed by atoms with Gasteiger partial charge in [-0.15, -0.1) is 0 Å². The Morgan fingerprint density at radius 2 is 2.00 bits per heavy atom. The van der Waals surface area contributed by atoms with Gasteiger partial charge in [-0.1, -0.05) is 24.3 Å². The fourth-order valence-corrected chi connectivity index (χ4v) is 2.26. The van der Waals surface area contributed by atoms with Gasteiger partial charge in [0.2, 0.25) is 5.91 Å². The maximum Gasteiger partial charge on any atom is 0.227 e. The highest BCUT2D eigenvalue weighted by Gasteiger charge is 2.16. The van der Waals surface area contributed by atoms with Crippen LogP contribution in [0.5, 0.6) is 5.75 Å². The van der Waals surface area contributed by atoms with Crippen LogP contribution in [-0.2, 0) is 4.79 Å². The zero-order valence-electron chi connectivity index (χ0n) is 13.8. The molecule has 2 rings (SSSR count). The lowest BCUT2D eigenvalue weighted by Gasteiger charge is -2.16. The Kier molecular flexibility index (Phi) is 6.32. The first kappa shape index (κ1) is 17.9. The van der Waals surface area contributed by atoms with Gasteiger partial charge in [0.15, 0.2) is 0 Å². The van der Waals surface area contributed by atoms with Crippen molar-refractivity contribution in [2.75, 3.05) is 13.2 Å². The van der Waals surface area contributed by atoms with E-state index in [1.807, 2.05) is 31.2 Å². The number of nitrogens with one attached hydrogen (secondary N) is 1. The van der Waals surface area contributed by atoms with Gasteiger partial charge in [-0.25, -0.2) is 4.39 Å². The quantitative estimate of drug-likeness (QED) is 0.820. The number of carbonyl (C=O) groups excluding carboxylic acids is 1. The molecule has 2 unspecified atom stereocenters. The minimum Gasteiger partial charge on any atom is -0.491 e.